The van der Waals surface area contributed by atoms with Crippen molar-refractivity contribution in [3.8, 4) is 5.75 Å². The van der Waals surface area contributed by atoms with Gasteiger partial charge in [-0.2, -0.15) is 4.98 Å². The number of benzene rings is 1. The predicted molar refractivity (Wildman–Crippen MR) is 84.3 cm³/mol. The molecule has 8 heteroatoms. The molecule has 0 atom stereocenters. The van der Waals surface area contributed by atoms with Crippen molar-refractivity contribution in [2.75, 3.05) is 11.5 Å². The Morgan fingerprint density at radius 3 is 2.88 bits per heavy atom. The third-order valence-corrected chi connectivity index (χ3v) is 3.62. The molecule has 0 unspecified atom stereocenters. The van der Waals surface area contributed by atoms with Crippen LogP contribution in [0.15, 0.2) is 28.8 Å². The minimum absolute atomic E-state index is 0.0323. The average molecular weight is 330 g/mol. The smallest absolute Gasteiger partial charge is 0.265 e. The SMILES string of the molecule is CC(=O)NC(C)(C)c1noc(CN2C(=O)COc3ccccc32)n1. The van der Waals surface area contributed by atoms with Crippen molar-refractivity contribution in [2.45, 2.75) is 32.9 Å². The predicted octanol–water partition coefficient (Wildman–Crippen LogP) is 1.37. The van der Waals surface area contributed by atoms with Gasteiger partial charge >= 0.3 is 0 Å². The summed E-state index contributed by atoms with van der Waals surface area (Å²) < 4.78 is 10.7. The summed E-state index contributed by atoms with van der Waals surface area (Å²) in [5.74, 6) is 0.892. The molecule has 1 aliphatic rings. The number of carbonyl (C=O) groups is 2. The Kier molecular flexibility index (Phi) is 3.96. The van der Waals surface area contributed by atoms with E-state index in [-0.39, 0.29) is 30.9 Å². The van der Waals surface area contributed by atoms with Gasteiger partial charge in [0, 0.05) is 6.92 Å². The Bertz CT molecular complexity index is 784. The van der Waals surface area contributed by atoms with E-state index in [1.807, 2.05) is 12.1 Å². The zero-order valence-corrected chi connectivity index (χ0v) is 13.7. The highest BCUT2D eigenvalue weighted by atomic mass is 16.5. The second-order valence-corrected chi connectivity index (χ2v) is 6.05. The van der Waals surface area contributed by atoms with Crippen molar-refractivity contribution in [3.63, 3.8) is 0 Å². The summed E-state index contributed by atoms with van der Waals surface area (Å²) in [7, 11) is 0. The lowest BCUT2D eigenvalue weighted by molar-refractivity contribution is -0.122. The first kappa shape index (κ1) is 16.0. The van der Waals surface area contributed by atoms with Crippen molar-refractivity contribution in [1.82, 2.24) is 15.5 Å². The Morgan fingerprint density at radius 1 is 1.38 bits per heavy atom. The topological polar surface area (TPSA) is 97.6 Å². The lowest BCUT2D eigenvalue weighted by Gasteiger charge is -2.28. The van der Waals surface area contributed by atoms with Gasteiger partial charge in [-0.3, -0.25) is 14.5 Å². The van der Waals surface area contributed by atoms with Crippen molar-refractivity contribution in [1.29, 1.82) is 0 Å². The highest BCUT2D eigenvalue weighted by Crippen LogP contribution is 2.32. The summed E-state index contributed by atoms with van der Waals surface area (Å²) in [6.45, 7) is 5.08. The summed E-state index contributed by atoms with van der Waals surface area (Å²) in [6, 6.07) is 7.26. The zero-order chi connectivity index (χ0) is 17.3. The molecule has 0 radical (unpaired) electrons. The van der Waals surface area contributed by atoms with Crippen LogP contribution in [0, 0.1) is 0 Å². The largest absolute Gasteiger partial charge is 0.482 e. The maximum atomic E-state index is 12.2. The van der Waals surface area contributed by atoms with Crippen LogP contribution in [0.2, 0.25) is 0 Å². The summed E-state index contributed by atoms with van der Waals surface area (Å²) in [5, 5.41) is 6.67. The number of nitrogens with one attached hydrogen (secondary N) is 1. The molecule has 0 bridgehead atoms. The summed E-state index contributed by atoms with van der Waals surface area (Å²) in [6.07, 6.45) is 0. The molecule has 126 valence electrons. The van der Waals surface area contributed by atoms with Gasteiger partial charge < -0.3 is 14.6 Å². The molecule has 0 aliphatic carbocycles. The third-order valence-electron chi connectivity index (χ3n) is 3.62. The first-order valence-electron chi connectivity index (χ1n) is 7.51. The number of hydrogen-bond acceptors (Lipinski definition) is 6. The molecule has 1 aromatic heterocycles. The number of hydrogen-bond donors (Lipinski definition) is 1. The molecule has 8 nitrogen and oxygen atoms in total. The van der Waals surface area contributed by atoms with Gasteiger partial charge in [-0.15, -0.1) is 0 Å². The Morgan fingerprint density at radius 2 is 2.12 bits per heavy atom. The van der Waals surface area contributed by atoms with Crippen LogP contribution in [0.25, 0.3) is 0 Å². The summed E-state index contributed by atoms with van der Waals surface area (Å²) >= 11 is 0. The first-order valence-corrected chi connectivity index (χ1v) is 7.51. The lowest BCUT2D eigenvalue weighted by Crippen LogP contribution is -2.40. The van der Waals surface area contributed by atoms with E-state index in [2.05, 4.69) is 15.5 Å². The van der Waals surface area contributed by atoms with Crippen molar-refractivity contribution in [3.05, 3.63) is 36.0 Å². The standard InChI is InChI=1S/C16H18N4O4/c1-10(21)18-16(2,3)15-17-13(24-19-15)8-20-11-6-4-5-7-12(11)23-9-14(20)22/h4-7H,8-9H2,1-3H3,(H,18,21). The van der Waals surface area contributed by atoms with E-state index >= 15 is 0 Å². The molecular weight excluding hydrogens is 312 g/mol. The van der Waals surface area contributed by atoms with E-state index in [0.717, 1.165) is 0 Å². The number of anilines is 1. The van der Waals surface area contributed by atoms with E-state index in [4.69, 9.17) is 9.26 Å². The molecule has 3 rings (SSSR count). The molecule has 1 N–H and O–H groups in total. The van der Waals surface area contributed by atoms with Gasteiger partial charge in [-0.05, 0) is 26.0 Å². The van der Waals surface area contributed by atoms with Crippen LogP contribution in [0.1, 0.15) is 32.5 Å². The fraction of sp³-hybridized carbons (Fsp3) is 0.375. The van der Waals surface area contributed by atoms with Crippen LogP contribution in [0.4, 0.5) is 5.69 Å². The van der Waals surface area contributed by atoms with E-state index in [1.54, 1.807) is 30.9 Å². The molecule has 1 aliphatic heterocycles. The van der Waals surface area contributed by atoms with Crippen LogP contribution in [-0.4, -0.2) is 28.6 Å². The third kappa shape index (κ3) is 3.08. The van der Waals surface area contributed by atoms with E-state index in [1.165, 1.54) is 6.92 Å². The van der Waals surface area contributed by atoms with Gasteiger partial charge in [-0.25, -0.2) is 0 Å². The van der Waals surface area contributed by atoms with E-state index in [9.17, 15) is 9.59 Å². The molecule has 2 aromatic rings. The number of fused-ring (bicyclic) bond motifs is 1. The number of para-hydroxylation sites is 2. The van der Waals surface area contributed by atoms with Crippen LogP contribution in [0.5, 0.6) is 5.75 Å². The van der Waals surface area contributed by atoms with Gasteiger partial charge in [0.1, 0.15) is 12.3 Å². The molecular formula is C16H18N4O4. The number of amides is 2. The summed E-state index contributed by atoms with van der Waals surface area (Å²) in [4.78, 5) is 29.3. The molecule has 0 saturated carbocycles. The highest BCUT2D eigenvalue weighted by molar-refractivity contribution is 5.97. The lowest BCUT2D eigenvalue weighted by atomic mass is 10.1. The fourth-order valence-corrected chi connectivity index (χ4v) is 2.53. The first-order chi connectivity index (χ1) is 11.4. The van der Waals surface area contributed by atoms with Crippen LogP contribution in [0.3, 0.4) is 0 Å². The van der Waals surface area contributed by atoms with Crippen molar-refractivity contribution in [2.24, 2.45) is 0 Å². The fourth-order valence-electron chi connectivity index (χ4n) is 2.53. The second-order valence-electron chi connectivity index (χ2n) is 6.05. The van der Waals surface area contributed by atoms with Crippen LogP contribution < -0.4 is 15.0 Å². The number of nitrogens with zero attached hydrogens (tertiary/aromatic N) is 3. The Hall–Kier alpha value is -2.90. The van der Waals surface area contributed by atoms with Gasteiger partial charge in [0.25, 0.3) is 5.91 Å². The normalized spacial score (nSPS) is 14.1. The Balaban J connectivity index is 1.83. The number of carbonyl (C=O) groups excluding carboxylic acids is 2. The van der Waals surface area contributed by atoms with Gasteiger partial charge in [0.2, 0.25) is 11.8 Å². The van der Waals surface area contributed by atoms with Gasteiger partial charge in [0.15, 0.2) is 12.4 Å². The van der Waals surface area contributed by atoms with E-state index in [0.29, 0.717) is 17.3 Å². The van der Waals surface area contributed by atoms with Crippen LogP contribution >= 0.6 is 0 Å². The van der Waals surface area contributed by atoms with Gasteiger partial charge in [0.05, 0.1) is 11.2 Å². The van der Waals surface area contributed by atoms with Crippen LogP contribution in [-0.2, 0) is 21.7 Å². The second kappa shape index (κ2) is 5.95. The molecule has 1 aromatic carbocycles. The maximum Gasteiger partial charge on any atom is 0.265 e. The molecule has 0 saturated heterocycles. The monoisotopic (exact) mass is 330 g/mol. The minimum Gasteiger partial charge on any atom is -0.482 e. The molecule has 24 heavy (non-hydrogen) atoms. The molecule has 0 fully saturated rings. The molecule has 2 amide bonds. The quantitative estimate of drug-likeness (QED) is 0.909. The average Bonchev–Trinajstić information content (AvgIpc) is 2.98. The molecule has 0 spiro atoms. The highest BCUT2D eigenvalue weighted by Gasteiger charge is 2.30. The molecule has 2 heterocycles. The summed E-state index contributed by atoms with van der Waals surface area (Å²) in [5.41, 5.74) is -0.102. The number of aromatic nitrogens is 2. The minimum atomic E-state index is -0.763. The van der Waals surface area contributed by atoms with E-state index < -0.39 is 5.54 Å². The zero-order valence-electron chi connectivity index (χ0n) is 13.7. The number of rotatable bonds is 4. The van der Waals surface area contributed by atoms with Crippen molar-refractivity contribution >= 4 is 17.5 Å². The van der Waals surface area contributed by atoms with Gasteiger partial charge in [-0.1, -0.05) is 17.3 Å². The number of ether oxygens (including phenoxy) is 1. The van der Waals surface area contributed by atoms with Crippen molar-refractivity contribution < 1.29 is 18.8 Å². The Labute approximate surface area is 138 Å². The maximum absolute atomic E-state index is 12.2.